The van der Waals surface area contributed by atoms with E-state index in [0.29, 0.717) is 43.2 Å². The first-order valence-electron chi connectivity index (χ1n) is 12.9. The van der Waals surface area contributed by atoms with Gasteiger partial charge in [0.2, 0.25) is 5.91 Å². The summed E-state index contributed by atoms with van der Waals surface area (Å²) in [5, 5.41) is 9.02. The van der Waals surface area contributed by atoms with Gasteiger partial charge in [-0.15, -0.1) is 11.3 Å². The quantitative estimate of drug-likeness (QED) is 0.322. The zero-order chi connectivity index (χ0) is 25.9. The Morgan fingerprint density at radius 1 is 0.947 bits per heavy atom. The highest BCUT2D eigenvalue weighted by atomic mass is 32.1. The minimum atomic E-state index is -0.433. The molecule has 0 bridgehead atoms. The van der Waals surface area contributed by atoms with Crippen LogP contribution in [0.15, 0.2) is 69.9 Å². The van der Waals surface area contributed by atoms with Crippen molar-refractivity contribution in [2.24, 2.45) is 0 Å². The molecule has 1 saturated heterocycles. The number of nitrogens with one attached hydrogen (secondary N) is 2. The van der Waals surface area contributed by atoms with Crippen LogP contribution < -0.4 is 21.0 Å². The van der Waals surface area contributed by atoms with Crippen molar-refractivity contribution in [3.8, 4) is 11.1 Å². The van der Waals surface area contributed by atoms with Crippen molar-refractivity contribution in [1.29, 1.82) is 0 Å². The highest BCUT2D eigenvalue weighted by Gasteiger charge is 2.48. The highest BCUT2D eigenvalue weighted by molar-refractivity contribution is 7.26. The second kappa shape index (κ2) is 8.94. The number of hydrogen-bond donors (Lipinski definition) is 2. The minimum Gasteiger partial charge on any atom is -0.440 e. The molecule has 0 radical (unpaired) electrons. The number of rotatable bonds is 5. The van der Waals surface area contributed by atoms with Crippen LogP contribution in [0.2, 0.25) is 0 Å². The molecule has 2 fully saturated rings. The average Bonchev–Trinajstić information content (AvgIpc) is 3.68. The number of likely N-dealkylation sites (N-methyl/N-ethyl adjacent to an activating group) is 1. The monoisotopic (exact) mass is 525 g/mol. The van der Waals surface area contributed by atoms with Crippen LogP contribution in [0.25, 0.3) is 42.3 Å². The average molecular weight is 526 g/mol. The summed E-state index contributed by atoms with van der Waals surface area (Å²) in [6, 6.07) is 19.7. The molecule has 1 amide bonds. The van der Waals surface area contributed by atoms with Crippen molar-refractivity contribution in [1.82, 2.24) is 5.32 Å². The van der Waals surface area contributed by atoms with E-state index < -0.39 is 5.54 Å². The van der Waals surface area contributed by atoms with E-state index in [-0.39, 0.29) is 11.3 Å². The number of carbonyl (C=O) groups is 1. The molecule has 38 heavy (non-hydrogen) atoms. The number of anilines is 2. The van der Waals surface area contributed by atoms with Crippen LogP contribution in [-0.2, 0) is 9.53 Å². The first kappa shape index (κ1) is 23.4. The van der Waals surface area contributed by atoms with E-state index in [1.54, 1.807) is 17.4 Å². The molecule has 0 atom stereocenters. The minimum absolute atomic E-state index is 0.0152. The van der Waals surface area contributed by atoms with E-state index >= 15 is 0 Å². The third-order valence-corrected chi connectivity index (χ3v) is 8.99. The predicted molar refractivity (Wildman–Crippen MR) is 153 cm³/mol. The van der Waals surface area contributed by atoms with Gasteiger partial charge in [-0.25, -0.2) is 0 Å². The second-order valence-electron chi connectivity index (χ2n) is 10.0. The van der Waals surface area contributed by atoms with Gasteiger partial charge in [-0.1, -0.05) is 30.3 Å². The number of morpholine rings is 1. The van der Waals surface area contributed by atoms with Gasteiger partial charge in [-0.3, -0.25) is 9.59 Å². The van der Waals surface area contributed by atoms with Gasteiger partial charge in [0.25, 0.3) is 0 Å². The van der Waals surface area contributed by atoms with E-state index in [1.165, 1.54) is 0 Å². The Kier molecular flexibility index (Phi) is 5.51. The first-order chi connectivity index (χ1) is 18.6. The maximum Gasteiger partial charge on any atom is 0.244 e. The fourth-order valence-corrected chi connectivity index (χ4v) is 6.58. The molecule has 8 heteroatoms. The summed E-state index contributed by atoms with van der Waals surface area (Å²) in [4.78, 5) is 27.9. The van der Waals surface area contributed by atoms with E-state index in [0.717, 1.165) is 49.8 Å². The van der Waals surface area contributed by atoms with E-state index in [2.05, 4.69) is 39.8 Å². The molecule has 1 aliphatic heterocycles. The van der Waals surface area contributed by atoms with Crippen molar-refractivity contribution in [3.05, 3.63) is 70.9 Å². The molecule has 7 rings (SSSR count). The molecule has 0 spiro atoms. The number of amides is 1. The molecule has 5 aromatic rings. The van der Waals surface area contributed by atoms with Gasteiger partial charge in [0.1, 0.15) is 5.58 Å². The molecule has 3 heterocycles. The SMILES string of the molecule is CNC1(C(=O)Nc2ccc3sc4c(-c5cccc6c(=O)cc(N7CCOCC7)oc56)cccc4c3c2)CC1. The smallest absolute Gasteiger partial charge is 0.244 e. The standard InChI is InChI=1S/C30H27N3O4S/c1-31-30(10-11-30)29(35)32-18-8-9-25-23(16-18)21-6-3-5-20(28(21)38-25)19-4-2-7-22-24(34)17-26(37-27(19)22)33-12-14-36-15-13-33/h2-9,16-17,31H,10-15H2,1H3,(H,32,35). The lowest BCUT2D eigenvalue weighted by molar-refractivity contribution is -0.118. The fourth-order valence-electron chi connectivity index (χ4n) is 5.37. The summed E-state index contributed by atoms with van der Waals surface area (Å²) in [6.45, 7) is 2.61. The van der Waals surface area contributed by atoms with Gasteiger partial charge < -0.3 is 24.7 Å². The zero-order valence-corrected chi connectivity index (χ0v) is 21.8. The Morgan fingerprint density at radius 3 is 2.47 bits per heavy atom. The number of benzene rings is 3. The molecule has 2 aliphatic rings. The fraction of sp³-hybridized carbons (Fsp3) is 0.267. The van der Waals surface area contributed by atoms with Gasteiger partial charge in [0.15, 0.2) is 11.3 Å². The highest BCUT2D eigenvalue weighted by Crippen LogP contribution is 2.43. The topological polar surface area (TPSA) is 83.8 Å². The molecule has 2 aromatic heterocycles. The number of carbonyl (C=O) groups excluding carboxylic acids is 1. The summed E-state index contributed by atoms with van der Waals surface area (Å²) in [6.07, 6.45) is 1.72. The van der Waals surface area contributed by atoms with Gasteiger partial charge in [0.05, 0.1) is 24.1 Å². The molecule has 2 N–H and O–H groups in total. The number of para-hydroxylation sites is 1. The zero-order valence-electron chi connectivity index (χ0n) is 21.0. The molecule has 3 aromatic carbocycles. The van der Waals surface area contributed by atoms with Crippen molar-refractivity contribution in [3.63, 3.8) is 0 Å². The van der Waals surface area contributed by atoms with Gasteiger partial charge in [-0.2, -0.15) is 0 Å². The maximum atomic E-state index is 13.1. The molecular weight excluding hydrogens is 498 g/mol. The van der Waals surface area contributed by atoms with Gasteiger partial charge >= 0.3 is 0 Å². The first-order valence-corrected chi connectivity index (χ1v) is 13.7. The Morgan fingerprint density at radius 2 is 1.71 bits per heavy atom. The molecule has 0 unspecified atom stereocenters. The molecule has 192 valence electrons. The lowest BCUT2D eigenvalue weighted by Gasteiger charge is -2.27. The lowest BCUT2D eigenvalue weighted by atomic mass is 10.0. The van der Waals surface area contributed by atoms with Crippen molar-refractivity contribution in [2.45, 2.75) is 18.4 Å². The Bertz CT molecular complexity index is 1780. The van der Waals surface area contributed by atoms with Gasteiger partial charge in [0, 0.05) is 56.1 Å². The van der Waals surface area contributed by atoms with Crippen LogP contribution in [0.1, 0.15) is 12.8 Å². The molecule has 7 nitrogen and oxygen atoms in total. The van der Waals surface area contributed by atoms with Crippen LogP contribution in [0.5, 0.6) is 0 Å². The molecular formula is C30H27N3O4S. The molecule has 1 aliphatic carbocycles. The molecule has 1 saturated carbocycles. The Labute approximate surface area is 223 Å². The summed E-state index contributed by atoms with van der Waals surface area (Å²) in [7, 11) is 1.84. The Hall–Kier alpha value is -3.72. The van der Waals surface area contributed by atoms with Crippen LogP contribution in [0.3, 0.4) is 0 Å². The normalized spacial score (nSPS) is 16.8. The summed E-state index contributed by atoms with van der Waals surface area (Å²) < 4.78 is 14.2. The van der Waals surface area contributed by atoms with Crippen LogP contribution in [0, 0.1) is 0 Å². The maximum absolute atomic E-state index is 13.1. The summed E-state index contributed by atoms with van der Waals surface area (Å²) >= 11 is 1.71. The van der Waals surface area contributed by atoms with E-state index in [1.807, 2.05) is 37.4 Å². The number of hydrogen-bond acceptors (Lipinski definition) is 7. The van der Waals surface area contributed by atoms with Crippen LogP contribution in [-0.4, -0.2) is 44.8 Å². The van der Waals surface area contributed by atoms with Crippen molar-refractivity contribution < 1.29 is 13.9 Å². The van der Waals surface area contributed by atoms with Crippen LogP contribution in [0.4, 0.5) is 11.6 Å². The third-order valence-electron chi connectivity index (χ3n) is 7.77. The Balaban J connectivity index is 1.35. The third kappa shape index (κ3) is 3.79. The van der Waals surface area contributed by atoms with E-state index in [9.17, 15) is 9.59 Å². The predicted octanol–water partition coefficient (Wildman–Crippen LogP) is 5.36. The van der Waals surface area contributed by atoms with Crippen molar-refractivity contribution >= 4 is 60.0 Å². The van der Waals surface area contributed by atoms with Crippen molar-refractivity contribution in [2.75, 3.05) is 43.6 Å². The van der Waals surface area contributed by atoms with Gasteiger partial charge in [-0.05, 0) is 44.2 Å². The largest absolute Gasteiger partial charge is 0.440 e. The number of thiophene rings is 1. The number of fused-ring (bicyclic) bond motifs is 4. The summed E-state index contributed by atoms with van der Waals surface area (Å²) in [5.74, 6) is 0.596. The second-order valence-corrected chi connectivity index (χ2v) is 11.1. The van der Waals surface area contributed by atoms with E-state index in [4.69, 9.17) is 9.15 Å². The summed E-state index contributed by atoms with van der Waals surface area (Å²) in [5.41, 5.74) is 2.83. The van der Waals surface area contributed by atoms with Crippen LogP contribution >= 0.6 is 11.3 Å². The lowest BCUT2D eigenvalue weighted by Crippen LogP contribution is -2.40. The number of nitrogens with zero attached hydrogens (tertiary/aromatic N) is 1. The number of ether oxygens (including phenoxy) is 1.